The molecular formula is C14H10N6O3. The number of para-hydroxylation sites is 1. The smallest absolute Gasteiger partial charge is 0.282 e. The van der Waals surface area contributed by atoms with Gasteiger partial charge in [0, 0.05) is 18.5 Å². The molecule has 2 heterocycles. The van der Waals surface area contributed by atoms with Gasteiger partial charge in [0.1, 0.15) is 5.56 Å². The van der Waals surface area contributed by atoms with E-state index in [0.29, 0.717) is 11.6 Å². The van der Waals surface area contributed by atoms with Gasteiger partial charge in [0.15, 0.2) is 0 Å². The summed E-state index contributed by atoms with van der Waals surface area (Å²) in [6.07, 6.45) is 6.07. The highest BCUT2D eigenvalue weighted by Gasteiger charge is 2.19. The summed E-state index contributed by atoms with van der Waals surface area (Å²) < 4.78 is 1.47. The molecule has 0 saturated heterocycles. The summed E-state index contributed by atoms with van der Waals surface area (Å²) >= 11 is 0. The zero-order valence-corrected chi connectivity index (χ0v) is 11.7. The first-order valence-corrected chi connectivity index (χ1v) is 6.52. The van der Waals surface area contributed by atoms with Crippen molar-refractivity contribution in [1.82, 2.24) is 19.7 Å². The van der Waals surface area contributed by atoms with Crippen molar-refractivity contribution in [2.45, 2.75) is 0 Å². The molecule has 9 nitrogen and oxygen atoms in total. The Bertz CT molecular complexity index is 845. The summed E-state index contributed by atoms with van der Waals surface area (Å²) in [5.74, 6) is -0.258. The molecule has 0 fully saturated rings. The molecule has 0 aliphatic heterocycles. The second-order valence-electron chi connectivity index (χ2n) is 4.45. The van der Waals surface area contributed by atoms with E-state index in [4.69, 9.17) is 0 Å². The van der Waals surface area contributed by atoms with Crippen LogP contribution in [-0.2, 0) is 0 Å². The molecule has 1 amide bonds. The van der Waals surface area contributed by atoms with Crippen LogP contribution in [-0.4, -0.2) is 30.6 Å². The van der Waals surface area contributed by atoms with Crippen molar-refractivity contribution in [2.75, 3.05) is 5.32 Å². The summed E-state index contributed by atoms with van der Waals surface area (Å²) in [4.78, 5) is 30.6. The Morgan fingerprint density at radius 1 is 1.17 bits per heavy atom. The van der Waals surface area contributed by atoms with Crippen LogP contribution in [0.4, 0.5) is 11.4 Å². The van der Waals surface area contributed by atoms with E-state index >= 15 is 0 Å². The molecule has 23 heavy (non-hydrogen) atoms. The fraction of sp³-hybridized carbons (Fsp3) is 0. The fourth-order valence-corrected chi connectivity index (χ4v) is 1.91. The predicted octanol–water partition coefficient (Wildman–Crippen LogP) is 1.82. The third-order valence-corrected chi connectivity index (χ3v) is 2.95. The Morgan fingerprint density at radius 2 is 1.91 bits per heavy atom. The molecule has 0 unspecified atom stereocenters. The van der Waals surface area contributed by atoms with Crippen LogP contribution in [0.3, 0.4) is 0 Å². The normalized spacial score (nSPS) is 10.3. The summed E-state index contributed by atoms with van der Waals surface area (Å²) in [5.41, 5.74) is 0.0248. The summed E-state index contributed by atoms with van der Waals surface area (Å²) in [7, 11) is 0. The maximum Gasteiger partial charge on any atom is 0.282 e. The third kappa shape index (κ3) is 3.02. The van der Waals surface area contributed by atoms with Crippen LogP contribution < -0.4 is 5.32 Å². The first-order valence-electron chi connectivity index (χ1n) is 6.52. The van der Waals surface area contributed by atoms with Gasteiger partial charge in [0.25, 0.3) is 17.5 Å². The van der Waals surface area contributed by atoms with Gasteiger partial charge in [-0.05, 0) is 12.1 Å². The largest absolute Gasteiger partial charge is 0.319 e. The van der Waals surface area contributed by atoms with Gasteiger partial charge in [-0.3, -0.25) is 14.9 Å². The zero-order chi connectivity index (χ0) is 16.2. The second-order valence-corrected chi connectivity index (χ2v) is 4.45. The van der Waals surface area contributed by atoms with Crippen LogP contribution in [0, 0.1) is 10.1 Å². The lowest BCUT2D eigenvalue weighted by molar-refractivity contribution is -0.385. The van der Waals surface area contributed by atoms with E-state index < -0.39 is 10.8 Å². The van der Waals surface area contributed by atoms with Gasteiger partial charge in [-0.15, -0.1) is 0 Å². The minimum absolute atomic E-state index is 0.0337. The van der Waals surface area contributed by atoms with Gasteiger partial charge in [0.2, 0.25) is 0 Å². The molecule has 0 aliphatic carbocycles. The number of carbonyl (C=O) groups excluding carboxylic acids is 1. The van der Waals surface area contributed by atoms with Crippen molar-refractivity contribution >= 4 is 17.3 Å². The SMILES string of the molecule is O=C(Nc1cnc(-n2cccn2)nc1)c1ccccc1[N+](=O)[O-]. The third-order valence-electron chi connectivity index (χ3n) is 2.95. The molecule has 114 valence electrons. The number of nitro benzene ring substituents is 1. The number of rotatable bonds is 4. The van der Waals surface area contributed by atoms with Crippen molar-refractivity contribution in [1.29, 1.82) is 0 Å². The van der Waals surface area contributed by atoms with Crippen molar-refractivity contribution in [3.63, 3.8) is 0 Å². The predicted molar refractivity (Wildman–Crippen MR) is 80.2 cm³/mol. The molecule has 1 N–H and O–H groups in total. The molecule has 0 spiro atoms. The lowest BCUT2D eigenvalue weighted by Crippen LogP contribution is -2.14. The van der Waals surface area contributed by atoms with Crippen LogP contribution in [0.2, 0.25) is 0 Å². The van der Waals surface area contributed by atoms with E-state index in [0.717, 1.165) is 0 Å². The molecule has 0 aliphatic rings. The van der Waals surface area contributed by atoms with E-state index in [-0.39, 0.29) is 11.3 Å². The maximum atomic E-state index is 12.2. The van der Waals surface area contributed by atoms with Gasteiger partial charge >= 0.3 is 0 Å². The zero-order valence-electron chi connectivity index (χ0n) is 11.7. The number of hydrogen-bond acceptors (Lipinski definition) is 6. The maximum absolute atomic E-state index is 12.2. The summed E-state index contributed by atoms with van der Waals surface area (Å²) in [6, 6.07) is 7.43. The topological polar surface area (TPSA) is 116 Å². The standard InChI is InChI=1S/C14H10N6O3/c21-13(11-4-1-2-5-12(11)20(22)23)18-10-8-15-14(16-9-10)19-7-3-6-17-19/h1-9H,(H,18,21). The molecule has 0 atom stereocenters. The molecule has 3 rings (SSSR count). The number of hydrogen-bond donors (Lipinski definition) is 1. The average molecular weight is 310 g/mol. The van der Waals surface area contributed by atoms with Crippen LogP contribution in [0.25, 0.3) is 5.95 Å². The lowest BCUT2D eigenvalue weighted by Gasteiger charge is -2.06. The van der Waals surface area contributed by atoms with Gasteiger partial charge in [-0.2, -0.15) is 5.10 Å². The molecular weight excluding hydrogens is 300 g/mol. The van der Waals surface area contributed by atoms with Crippen molar-refractivity contribution in [3.05, 3.63) is 70.8 Å². The number of carbonyl (C=O) groups is 1. The van der Waals surface area contributed by atoms with Crippen LogP contribution in [0.1, 0.15) is 10.4 Å². The Morgan fingerprint density at radius 3 is 2.57 bits per heavy atom. The number of nitrogens with one attached hydrogen (secondary N) is 1. The van der Waals surface area contributed by atoms with Gasteiger partial charge < -0.3 is 5.32 Å². The van der Waals surface area contributed by atoms with E-state index in [9.17, 15) is 14.9 Å². The minimum Gasteiger partial charge on any atom is -0.319 e. The number of aromatic nitrogens is 4. The van der Waals surface area contributed by atoms with Gasteiger partial charge in [-0.1, -0.05) is 12.1 Å². The van der Waals surface area contributed by atoms with E-state index in [1.54, 1.807) is 24.5 Å². The molecule has 0 bridgehead atoms. The van der Waals surface area contributed by atoms with E-state index in [2.05, 4.69) is 20.4 Å². The number of benzene rings is 1. The first kappa shape index (κ1) is 14.3. The number of amides is 1. The lowest BCUT2D eigenvalue weighted by atomic mass is 10.1. The highest BCUT2D eigenvalue weighted by molar-refractivity contribution is 6.06. The monoisotopic (exact) mass is 310 g/mol. The van der Waals surface area contributed by atoms with Gasteiger partial charge in [-0.25, -0.2) is 14.6 Å². The number of nitro groups is 1. The molecule has 2 aromatic heterocycles. The quantitative estimate of drug-likeness (QED) is 0.580. The Kier molecular flexibility index (Phi) is 3.75. The minimum atomic E-state index is -0.605. The summed E-state index contributed by atoms with van der Waals surface area (Å²) in [5, 5.41) is 17.5. The highest BCUT2D eigenvalue weighted by Crippen LogP contribution is 2.19. The van der Waals surface area contributed by atoms with Crippen LogP contribution >= 0.6 is 0 Å². The first-order chi connectivity index (χ1) is 11.1. The molecule has 3 aromatic rings. The van der Waals surface area contributed by atoms with Crippen LogP contribution in [0.5, 0.6) is 0 Å². The van der Waals surface area contributed by atoms with Crippen LogP contribution in [0.15, 0.2) is 55.1 Å². The average Bonchev–Trinajstić information content (AvgIpc) is 3.10. The van der Waals surface area contributed by atoms with Crippen molar-refractivity contribution in [3.8, 4) is 5.95 Å². The van der Waals surface area contributed by atoms with E-state index in [1.165, 1.54) is 35.3 Å². The van der Waals surface area contributed by atoms with Crippen molar-refractivity contribution < 1.29 is 9.72 Å². The number of anilines is 1. The fourth-order valence-electron chi connectivity index (χ4n) is 1.91. The van der Waals surface area contributed by atoms with Crippen molar-refractivity contribution in [2.24, 2.45) is 0 Å². The highest BCUT2D eigenvalue weighted by atomic mass is 16.6. The Hall–Kier alpha value is -3.62. The van der Waals surface area contributed by atoms with E-state index in [1.807, 2.05) is 0 Å². The summed E-state index contributed by atoms with van der Waals surface area (Å²) in [6.45, 7) is 0. The number of nitrogens with zero attached hydrogens (tertiary/aromatic N) is 5. The molecule has 0 radical (unpaired) electrons. The molecule has 1 aromatic carbocycles. The Balaban J connectivity index is 1.80. The molecule has 0 saturated carbocycles. The molecule has 9 heteroatoms. The Labute approximate surface area is 129 Å². The second kappa shape index (κ2) is 6.02. The van der Waals surface area contributed by atoms with Gasteiger partial charge in [0.05, 0.1) is 23.0 Å².